The van der Waals surface area contributed by atoms with E-state index in [0.717, 1.165) is 13.1 Å². The summed E-state index contributed by atoms with van der Waals surface area (Å²) < 4.78 is 19.3. The molecule has 0 N–H and O–H groups in total. The molecular formula is C13H15FN2O. The van der Waals surface area contributed by atoms with Crippen molar-refractivity contribution in [1.82, 2.24) is 4.90 Å². The molecule has 0 radical (unpaired) electrons. The minimum absolute atomic E-state index is 0.115. The maximum Gasteiger partial charge on any atom is 0.145 e. The molecule has 2 rings (SSSR count). The van der Waals surface area contributed by atoms with Gasteiger partial charge >= 0.3 is 0 Å². The number of benzene rings is 1. The van der Waals surface area contributed by atoms with Gasteiger partial charge in [0, 0.05) is 25.2 Å². The number of nitriles is 1. The minimum Gasteiger partial charge on any atom is -0.376 e. The second kappa shape index (κ2) is 5.26. The third-order valence-corrected chi connectivity index (χ3v) is 2.92. The van der Waals surface area contributed by atoms with Crippen LogP contribution in [0.4, 0.5) is 4.39 Å². The highest BCUT2D eigenvalue weighted by molar-refractivity contribution is 5.34. The topological polar surface area (TPSA) is 36.3 Å². The van der Waals surface area contributed by atoms with Crippen LogP contribution in [0.5, 0.6) is 0 Å². The fourth-order valence-corrected chi connectivity index (χ4v) is 2.06. The third kappa shape index (κ3) is 2.82. The first-order valence-corrected chi connectivity index (χ1v) is 5.72. The molecule has 0 saturated carbocycles. The zero-order valence-electron chi connectivity index (χ0n) is 9.82. The molecule has 1 saturated heterocycles. The Bertz CT molecular complexity index is 442. The highest BCUT2D eigenvalue weighted by Gasteiger charge is 2.18. The van der Waals surface area contributed by atoms with Crippen molar-refractivity contribution < 1.29 is 9.13 Å². The summed E-state index contributed by atoms with van der Waals surface area (Å²) in [5.41, 5.74) is 0.696. The van der Waals surface area contributed by atoms with Crippen molar-refractivity contribution >= 4 is 0 Å². The van der Waals surface area contributed by atoms with Crippen molar-refractivity contribution in [2.75, 3.05) is 19.7 Å². The third-order valence-electron chi connectivity index (χ3n) is 2.92. The predicted molar refractivity (Wildman–Crippen MR) is 61.8 cm³/mol. The van der Waals surface area contributed by atoms with Gasteiger partial charge in [-0.15, -0.1) is 0 Å². The molecule has 1 aliphatic rings. The summed E-state index contributed by atoms with van der Waals surface area (Å²) in [4.78, 5) is 2.15. The van der Waals surface area contributed by atoms with Gasteiger partial charge < -0.3 is 4.74 Å². The molecular weight excluding hydrogens is 219 g/mol. The molecule has 0 spiro atoms. The van der Waals surface area contributed by atoms with Crippen LogP contribution in [0.2, 0.25) is 0 Å². The smallest absolute Gasteiger partial charge is 0.145 e. The SMILES string of the molecule is CC1CN(Cc2cccc(C#N)c2F)CCO1. The van der Waals surface area contributed by atoms with Crippen LogP contribution in [-0.4, -0.2) is 30.7 Å². The van der Waals surface area contributed by atoms with E-state index in [2.05, 4.69) is 4.90 Å². The standard InChI is InChI=1S/C13H15FN2O/c1-10-8-16(5-6-17-10)9-12-4-2-3-11(7-15)13(12)14/h2-4,10H,5-6,8-9H2,1H3. The first kappa shape index (κ1) is 12.0. The number of ether oxygens (including phenoxy) is 1. The Morgan fingerprint density at radius 3 is 3.12 bits per heavy atom. The van der Waals surface area contributed by atoms with Crippen LogP contribution in [-0.2, 0) is 11.3 Å². The number of hydrogen-bond acceptors (Lipinski definition) is 3. The van der Waals surface area contributed by atoms with Crippen molar-refractivity contribution in [2.24, 2.45) is 0 Å². The van der Waals surface area contributed by atoms with Crippen LogP contribution >= 0.6 is 0 Å². The van der Waals surface area contributed by atoms with Gasteiger partial charge in [-0.3, -0.25) is 4.90 Å². The number of morpholine rings is 1. The first-order chi connectivity index (χ1) is 8.20. The van der Waals surface area contributed by atoms with Gasteiger partial charge in [0.05, 0.1) is 18.3 Å². The lowest BCUT2D eigenvalue weighted by molar-refractivity contribution is -0.0215. The monoisotopic (exact) mass is 234 g/mol. The number of rotatable bonds is 2. The van der Waals surface area contributed by atoms with E-state index in [0.29, 0.717) is 18.7 Å². The molecule has 1 unspecified atom stereocenters. The molecule has 1 atom stereocenters. The Morgan fingerprint density at radius 2 is 2.41 bits per heavy atom. The molecule has 1 heterocycles. The first-order valence-electron chi connectivity index (χ1n) is 5.72. The average Bonchev–Trinajstić information content (AvgIpc) is 2.32. The number of halogens is 1. The van der Waals surface area contributed by atoms with Gasteiger partial charge in [0.15, 0.2) is 0 Å². The van der Waals surface area contributed by atoms with E-state index in [-0.39, 0.29) is 11.7 Å². The van der Waals surface area contributed by atoms with Crippen molar-refractivity contribution in [1.29, 1.82) is 5.26 Å². The Kier molecular flexibility index (Phi) is 3.72. The highest BCUT2D eigenvalue weighted by Crippen LogP contribution is 2.16. The fraction of sp³-hybridized carbons (Fsp3) is 0.462. The van der Waals surface area contributed by atoms with Crippen molar-refractivity contribution in [3.05, 3.63) is 35.1 Å². The largest absolute Gasteiger partial charge is 0.376 e. The lowest BCUT2D eigenvalue weighted by atomic mass is 10.1. The van der Waals surface area contributed by atoms with Crippen molar-refractivity contribution in [3.8, 4) is 6.07 Å². The number of nitrogens with zero attached hydrogens (tertiary/aromatic N) is 2. The number of hydrogen-bond donors (Lipinski definition) is 0. The van der Waals surface area contributed by atoms with Gasteiger partial charge in [-0.25, -0.2) is 4.39 Å². The van der Waals surface area contributed by atoms with Crippen molar-refractivity contribution in [3.63, 3.8) is 0 Å². The molecule has 3 nitrogen and oxygen atoms in total. The predicted octanol–water partition coefficient (Wildman–Crippen LogP) is 1.92. The summed E-state index contributed by atoms with van der Waals surface area (Å²) in [7, 11) is 0. The maximum atomic E-state index is 13.8. The van der Waals surface area contributed by atoms with Crippen LogP contribution in [0.1, 0.15) is 18.1 Å². The molecule has 1 fully saturated rings. The van der Waals surface area contributed by atoms with E-state index in [1.165, 1.54) is 6.07 Å². The Hall–Kier alpha value is -1.44. The van der Waals surface area contributed by atoms with Crippen LogP contribution in [0.25, 0.3) is 0 Å². The molecule has 1 aromatic rings. The van der Waals surface area contributed by atoms with Gasteiger partial charge in [0.2, 0.25) is 0 Å². The van der Waals surface area contributed by atoms with Gasteiger partial charge in [0.1, 0.15) is 11.9 Å². The highest BCUT2D eigenvalue weighted by atomic mass is 19.1. The van der Waals surface area contributed by atoms with Crippen LogP contribution in [0.15, 0.2) is 18.2 Å². The lowest BCUT2D eigenvalue weighted by Gasteiger charge is -2.31. The summed E-state index contributed by atoms with van der Waals surface area (Å²) in [6.07, 6.45) is 0.186. The molecule has 0 aromatic heterocycles. The second-order valence-electron chi connectivity index (χ2n) is 4.31. The maximum absolute atomic E-state index is 13.8. The Labute approximate surface area is 100 Å². The molecule has 1 aliphatic heterocycles. The molecule has 1 aromatic carbocycles. The lowest BCUT2D eigenvalue weighted by Crippen LogP contribution is -2.40. The van der Waals surface area contributed by atoms with E-state index in [4.69, 9.17) is 10.00 Å². The quantitative estimate of drug-likeness (QED) is 0.784. The van der Waals surface area contributed by atoms with E-state index in [9.17, 15) is 4.39 Å². The van der Waals surface area contributed by atoms with Gasteiger partial charge in [-0.05, 0) is 13.0 Å². The van der Waals surface area contributed by atoms with E-state index >= 15 is 0 Å². The summed E-state index contributed by atoms with van der Waals surface area (Å²) in [6, 6.07) is 6.82. The molecule has 90 valence electrons. The molecule has 0 aliphatic carbocycles. The Morgan fingerprint density at radius 1 is 1.59 bits per heavy atom. The summed E-state index contributed by atoms with van der Waals surface area (Å²) >= 11 is 0. The molecule has 17 heavy (non-hydrogen) atoms. The Balaban J connectivity index is 2.11. The van der Waals surface area contributed by atoms with Crippen LogP contribution in [0, 0.1) is 17.1 Å². The fourth-order valence-electron chi connectivity index (χ4n) is 2.06. The molecule has 0 amide bonds. The average molecular weight is 234 g/mol. The molecule has 4 heteroatoms. The van der Waals surface area contributed by atoms with E-state index in [1.807, 2.05) is 13.0 Å². The van der Waals surface area contributed by atoms with Gasteiger partial charge in [-0.2, -0.15) is 5.26 Å². The summed E-state index contributed by atoms with van der Waals surface area (Å²) in [6.45, 7) is 4.83. The van der Waals surface area contributed by atoms with Gasteiger partial charge in [-0.1, -0.05) is 12.1 Å². The zero-order chi connectivity index (χ0) is 12.3. The summed E-state index contributed by atoms with van der Waals surface area (Å²) in [5, 5.41) is 8.77. The van der Waals surface area contributed by atoms with E-state index < -0.39 is 5.82 Å². The van der Waals surface area contributed by atoms with Crippen LogP contribution in [0.3, 0.4) is 0 Å². The van der Waals surface area contributed by atoms with Gasteiger partial charge in [0.25, 0.3) is 0 Å². The van der Waals surface area contributed by atoms with E-state index in [1.54, 1.807) is 12.1 Å². The molecule has 0 bridgehead atoms. The normalized spacial score (nSPS) is 21.1. The van der Waals surface area contributed by atoms with Crippen LogP contribution < -0.4 is 0 Å². The van der Waals surface area contributed by atoms with Crippen molar-refractivity contribution in [2.45, 2.75) is 19.6 Å². The second-order valence-corrected chi connectivity index (χ2v) is 4.31. The minimum atomic E-state index is -0.394. The zero-order valence-corrected chi connectivity index (χ0v) is 9.82. The summed E-state index contributed by atoms with van der Waals surface area (Å²) in [5.74, 6) is -0.394.